The fourth-order valence-corrected chi connectivity index (χ4v) is 3.18. The van der Waals surface area contributed by atoms with Crippen molar-refractivity contribution in [3.63, 3.8) is 0 Å². The molecule has 6 heteroatoms. The first-order chi connectivity index (χ1) is 11.5. The lowest BCUT2D eigenvalue weighted by Crippen LogP contribution is -2.08. The van der Waals surface area contributed by atoms with E-state index in [1.165, 1.54) is 0 Å². The van der Waals surface area contributed by atoms with Crippen LogP contribution in [-0.2, 0) is 17.6 Å². The highest BCUT2D eigenvalue weighted by atomic mass is 35.5. The van der Waals surface area contributed by atoms with Crippen LogP contribution in [0.4, 0.5) is 0 Å². The molecule has 3 aromatic heterocycles. The van der Waals surface area contributed by atoms with Crippen molar-refractivity contribution in [3.05, 3.63) is 52.6 Å². The van der Waals surface area contributed by atoms with Crippen LogP contribution in [0.1, 0.15) is 30.3 Å². The smallest absolute Gasteiger partial charge is 0.303 e. The van der Waals surface area contributed by atoms with E-state index in [1.807, 2.05) is 23.6 Å². The molecule has 0 aliphatic heterocycles. The molecule has 3 heterocycles. The average Bonchev–Trinajstić information content (AvgIpc) is 2.94. The second-order valence-corrected chi connectivity index (χ2v) is 6.06. The van der Waals surface area contributed by atoms with Crippen LogP contribution in [0.5, 0.6) is 0 Å². The van der Waals surface area contributed by atoms with Gasteiger partial charge in [0, 0.05) is 23.9 Å². The van der Waals surface area contributed by atoms with Crippen LogP contribution in [0.25, 0.3) is 16.6 Å². The first-order valence-electron chi connectivity index (χ1n) is 7.85. The van der Waals surface area contributed by atoms with Gasteiger partial charge in [-0.1, -0.05) is 18.5 Å². The summed E-state index contributed by atoms with van der Waals surface area (Å²) in [6.45, 7) is 4.00. The van der Waals surface area contributed by atoms with E-state index in [-0.39, 0.29) is 6.42 Å². The number of carboxylic acid groups (broad SMARTS) is 1. The van der Waals surface area contributed by atoms with Crippen molar-refractivity contribution in [2.45, 2.75) is 33.1 Å². The Morgan fingerprint density at radius 3 is 2.79 bits per heavy atom. The van der Waals surface area contributed by atoms with Crippen LogP contribution in [0.3, 0.4) is 0 Å². The molecular weight excluding hydrogens is 326 g/mol. The number of aromatic nitrogens is 3. The Hall–Kier alpha value is -2.40. The van der Waals surface area contributed by atoms with Crippen molar-refractivity contribution in [2.24, 2.45) is 0 Å². The van der Waals surface area contributed by atoms with E-state index in [0.29, 0.717) is 11.6 Å². The van der Waals surface area contributed by atoms with Gasteiger partial charge in [0.05, 0.1) is 11.2 Å². The first kappa shape index (κ1) is 16.5. The van der Waals surface area contributed by atoms with E-state index in [4.69, 9.17) is 16.7 Å². The Bertz CT molecular complexity index is 918. The summed E-state index contributed by atoms with van der Waals surface area (Å²) in [6.07, 6.45) is 3.01. The van der Waals surface area contributed by atoms with Gasteiger partial charge in [-0.3, -0.25) is 4.79 Å². The summed E-state index contributed by atoms with van der Waals surface area (Å²) < 4.78 is 1.93. The summed E-state index contributed by atoms with van der Waals surface area (Å²) in [5.74, 6) is -0.822. The van der Waals surface area contributed by atoms with Gasteiger partial charge in [0.2, 0.25) is 0 Å². The van der Waals surface area contributed by atoms with Crippen LogP contribution in [0.15, 0.2) is 30.5 Å². The standard InChI is InChI=1S/C18H18ClN3O2/c1-3-13-4-6-15-18(12-8-9-20-16(19)10-12)14(5-7-17(23)24)11(2)21-22(13)15/h4,6,8-10H,3,5,7H2,1-2H3,(H,23,24). The number of pyridine rings is 1. The lowest BCUT2D eigenvalue weighted by atomic mass is 9.96. The molecule has 124 valence electrons. The number of rotatable bonds is 5. The topological polar surface area (TPSA) is 67.5 Å². The summed E-state index contributed by atoms with van der Waals surface area (Å²) in [4.78, 5) is 15.1. The van der Waals surface area contributed by atoms with Crippen molar-refractivity contribution >= 4 is 23.1 Å². The second kappa shape index (κ2) is 6.61. The van der Waals surface area contributed by atoms with Crippen LogP contribution < -0.4 is 0 Å². The maximum absolute atomic E-state index is 11.0. The Kier molecular flexibility index (Phi) is 4.53. The minimum atomic E-state index is -0.822. The maximum atomic E-state index is 11.0. The third-order valence-electron chi connectivity index (χ3n) is 4.14. The zero-order valence-corrected chi connectivity index (χ0v) is 14.3. The molecule has 0 fully saturated rings. The lowest BCUT2D eigenvalue weighted by molar-refractivity contribution is -0.136. The van der Waals surface area contributed by atoms with Crippen molar-refractivity contribution < 1.29 is 9.90 Å². The highest BCUT2D eigenvalue weighted by Crippen LogP contribution is 2.32. The summed E-state index contributed by atoms with van der Waals surface area (Å²) >= 11 is 6.07. The second-order valence-electron chi connectivity index (χ2n) is 5.68. The number of nitrogens with zero attached hydrogens (tertiary/aromatic N) is 3. The molecule has 0 aliphatic rings. The predicted molar refractivity (Wildman–Crippen MR) is 93.5 cm³/mol. The summed E-state index contributed by atoms with van der Waals surface area (Å²) in [7, 11) is 0. The molecule has 0 bridgehead atoms. The van der Waals surface area contributed by atoms with E-state index >= 15 is 0 Å². The molecule has 5 nitrogen and oxygen atoms in total. The number of halogens is 1. The van der Waals surface area contributed by atoms with E-state index in [2.05, 4.69) is 23.1 Å². The maximum Gasteiger partial charge on any atom is 0.303 e. The van der Waals surface area contributed by atoms with E-state index in [0.717, 1.165) is 40.0 Å². The van der Waals surface area contributed by atoms with Gasteiger partial charge < -0.3 is 5.11 Å². The van der Waals surface area contributed by atoms with Gasteiger partial charge in [-0.15, -0.1) is 0 Å². The van der Waals surface area contributed by atoms with Crippen molar-refractivity contribution in [1.82, 2.24) is 14.6 Å². The first-order valence-corrected chi connectivity index (χ1v) is 8.23. The highest BCUT2D eigenvalue weighted by Gasteiger charge is 2.17. The molecule has 0 radical (unpaired) electrons. The molecule has 0 amide bonds. The molecule has 0 atom stereocenters. The lowest BCUT2D eigenvalue weighted by Gasteiger charge is -2.15. The molecule has 3 rings (SSSR count). The van der Waals surface area contributed by atoms with E-state index < -0.39 is 5.97 Å². The van der Waals surface area contributed by atoms with Gasteiger partial charge in [-0.25, -0.2) is 9.50 Å². The molecule has 0 spiro atoms. The molecule has 0 saturated carbocycles. The Morgan fingerprint density at radius 2 is 2.12 bits per heavy atom. The predicted octanol–water partition coefficient (Wildman–Crippen LogP) is 3.94. The van der Waals surface area contributed by atoms with Crippen LogP contribution in [-0.4, -0.2) is 25.7 Å². The normalized spacial score (nSPS) is 11.1. The van der Waals surface area contributed by atoms with Gasteiger partial charge in [0.15, 0.2) is 0 Å². The van der Waals surface area contributed by atoms with Gasteiger partial charge >= 0.3 is 5.97 Å². The van der Waals surface area contributed by atoms with Crippen LogP contribution in [0.2, 0.25) is 5.15 Å². The quantitative estimate of drug-likeness (QED) is 0.712. The fourth-order valence-electron chi connectivity index (χ4n) is 3.01. The number of hydrogen-bond donors (Lipinski definition) is 1. The Labute approximate surface area is 144 Å². The van der Waals surface area contributed by atoms with Crippen molar-refractivity contribution in [1.29, 1.82) is 0 Å². The Morgan fingerprint density at radius 1 is 1.33 bits per heavy atom. The van der Waals surface area contributed by atoms with Crippen LogP contribution in [0, 0.1) is 6.92 Å². The number of aliphatic carboxylic acids is 1. The van der Waals surface area contributed by atoms with E-state index in [1.54, 1.807) is 12.3 Å². The molecule has 24 heavy (non-hydrogen) atoms. The van der Waals surface area contributed by atoms with Crippen molar-refractivity contribution in [3.8, 4) is 11.1 Å². The minimum absolute atomic E-state index is 0.0614. The minimum Gasteiger partial charge on any atom is -0.481 e. The van der Waals surface area contributed by atoms with Gasteiger partial charge in [-0.2, -0.15) is 5.10 Å². The number of aryl methyl sites for hydroxylation is 2. The molecule has 0 aliphatic carbocycles. The molecule has 0 unspecified atom stereocenters. The third kappa shape index (κ3) is 2.99. The number of carboxylic acids is 1. The summed E-state index contributed by atoms with van der Waals surface area (Å²) in [6, 6.07) is 7.77. The largest absolute Gasteiger partial charge is 0.481 e. The third-order valence-corrected chi connectivity index (χ3v) is 4.35. The average molecular weight is 344 g/mol. The highest BCUT2D eigenvalue weighted by molar-refractivity contribution is 6.29. The zero-order valence-electron chi connectivity index (χ0n) is 13.6. The SMILES string of the molecule is CCc1ccc2c(-c3ccnc(Cl)c3)c(CCC(=O)O)c(C)nn12. The van der Waals surface area contributed by atoms with Crippen LogP contribution >= 0.6 is 11.6 Å². The molecule has 1 N–H and O–H groups in total. The molecule has 3 aromatic rings. The van der Waals surface area contributed by atoms with Gasteiger partial charge in [0.25, 0.3) is 0 Å². The van der Waals surface area contributed by atoms with Gasteiger partial charge in [-0.05, 0) is 55.2 Å². The van der Waals surface area contributed by atoms with E-state index in [9.17, 15) is 4.79 Å². The van der Waals surface area contributed by atoms with Crippen molar-refractivity contribution in [2.75, 3.05) is 0 Å². The number of hydrogen-bond acceptors (Lipinski definition) is 3. The fraction of sp³-hybridized carbons (Fsp3) is 0.278. The number of carbonyl (C=O) groups is 1. The van der Waals surface area contributed by atoms with Gasteiger partial charge in [0.1, 0.15) is 5.15 Å². The zero-order chi connectivity index (χ0) is 17.3. The number of fused-ring (bicyclic) bond motifs is 1. The molecule has 0 aromatic carbocycles. The Balaban J connectivity index is 2.30. The molecule has 0 saturated heterocycles. The summed E-state index contributed by atoms with van der Waals surface area (Å²) in [5, 5.41) is 14.1. The molecular formula is C18H18ClN3O2. The monoisotopic (exact) mass is 343 g/mol. The summed E-state index contributed by atoms with van der Waals surface area (Å²) in [5.41, 5.74) is 5.74.